The van der Waals surface area contributed by atoms with Gasteiger partial charge >= 0.3 is 0 Å². The summed E-state index contributed by atoms with van der Waals surface area (Å²) in [5, 5.41) is 7.92. The van der Waals surface area contributed by atoms with Crippen LogP contribution in [0.25, 0.3) is 0 Å². The molecule has 1 unspecified atom stereocenters. The quantitative estimate of drug-likeness (QED) is 0.877. The molecule has 0 bridgehead atoms. The Balaban J connectivity index is 1.87. The number of anilines is 1. The standard InChI is InChI=1S/C14H26N4O/c1-5-13-14(10-17(4)16-13)15-8-12-9-18(11(2)3)6-7-19-12/h10-12,15H,5-9H2,1-4H3. The number of aryl methyl sites for hydroxylation is 2. The summed E-state index contributed by atoms with van der Waals surface area (Å²) in [5.74, 6) is 0. The van der Waals surface area contributed by atoms with E-state index in [2.05, 4.69) is 36.1 Å². The first-order valence-corrected chi connectivity index (χ1v) is 7.22. The highest BCUT2D eigenvalue weighted by Crippen LogP contribution is 2.15. The lowest BCUT2D eigenvalue weighted by Gasteiger charge is -2.35. The van der Waals surface area contributed by atoms with Crippen molar-refractivity contribution in [2.24, 2.45) is 7.05 Å². The summed E-state index contributed by atoms with van der Waals surface area (Å²) in [5.41, 5.74) is 2.26. The Morgan fingerprint density at radius 3 is 3.00 bits per heavy atom. The summed E-state index contributed by atoms with van der Waals surface area (Å²) in [4.78, 5) is 2.47. The monoisotopic (exact) mass is 266 g/mol. The molecule has 1 aromatic heterocycles. The number of aromatic nitrogens is 2. The average molecular weight is 266 g/mol. The lowest BCUT2D eigenvalue weighted by atomic mass is 10.2. The number of morpholine rings is 1. The molecule has 108 valence electrons. The van der Waals surface area contributed by atoms with Gasteiger partial charge < -0.3 is 10.1 Å². The number of nitrogens with zero attached hydrogens (tertiary/aromatic N) is 3. The molecule has 19 heavy (non-hydrogen) atoms. The molecular weight excluding hydrogens is 240 g/mol. The van der Waals surface area contributed by atoms with Crippen molar-refractivity contribution in [2.45, 2.75) is 39.3 Å². The Kier molecular flexibility index (Phi) is 4.82. The molecule has 0 radical (unpaired) electrons. The largest absolute Gasteiger partial charge is 0.380 e. The SMILES string of the molecule is CCc1nn(C)cc1NCC1CN(C(C)C)CCO1. The molecular formula is C14H26N4O. The van der Waals surface area contributed by atoms with Gasteiger partial charge in [-0.1, -0.05) is 6.92 Å². The first-order chi connectivity index (χ1) is 9.10. The molecule has 1 saturated heterocycles. The molecule has 2 heterocycles. The number of hydrogen-bond acceptors (Lipinski definition) is 4. The molecule has 1 N–H and O–H groups in total. The zero-order valence-corrected chi connectivity index (χ0v) is 12.5. The fourth-order valence-corrected chi connectivity index (χ4v) is 2.50. The minimum atomic E-state index is 0.265. The third-order valence-electron chi connectivity index (χ3n) is 3.66. The van der Waals surface area contributed by atoms with Gasteiger partial charge in [0.25, 0.3) is 0 Å². The van der Waals surface area contributed by atoms with Gasteiger partial charge in [-0.15, -0.1) is 0 Å². The number of nitrogens with one attached hydrogen (secondary N) is 1. The fraction of sp³-hybridized carbons (Fsp3) is 0.786. The number of ether oxygens (including phenoxy) is 1. The maximum atomic E-state index is 5.83. The topological polar surface area (TPSA) is 42.3 Å². The number of hydrogen-bond donors (Lipinski definition) is 1. The summed E-state index contributed by atoms with van der Waals surface area (Å²) in [6.07, 6.45) is 3.26. The second kappa shape index (κ2) is 6.39. The van der Waals surface area contributed by atoms with Crippen molar-refractivity contribution in [1.82, 2.24) is 14.7 Å². The van der Waals surface area contributed by atoms with E-state index in [1.165, 1.54) is 0 Å². The van der Waals surface area contributed by atoms with Crippen LogP contribution < -0.4 is 5.32 Å². The molecule has 0 aromatic carbocycles. The first kappa shape index (κ1) is 14.3. The molecule has 2 rings (SSSR count). The minimum absolute atomic E-state index is 0.265. The Labute approximate surface area is 115 Å². The normalized spacial score (nSPS) is 21.0. The Morgan fingerprint density at radius 1 is 1.53 bits per heavy atom. The molecule has 5 heteroatoms. The van der Waals surface area contributed by atoms with E-state index < -0.39 is 0 Å². The third kappa shape index (κ3) is 3.70. The van der Waals surface area contributed by atoms with Crippen molar-refractivity contribution in [3.05, 3.63) is 11.9 Å². The van der Waals surface area contributed by atoms with Gasteiger partial charge in [-0.3, -0.25) is 9.58 Å². The summed E-state index contributed by atoms with van der Waals surface area (Å²) >= 11 is 0. The van der Waals surface area contributed by atoms with Gasteiger partial charge in [-0.25, -0.2) is 0 Å². The van der Waals surface area contributed by atoms with Crippen LogP contribution in [0.1, 0.15) is 26.5 Å². The first-order valence-electron chi connectivity index (χ1n) is 7.22. The van der Waals surface area contributed by atoms with Gasteiger partial charge in [0.15, 0.2) is 0 Å². The molecule has 1 aromatic rings. The van der Waals surface area contributed by atoms with E-state index in [9.17, 15) is 0 Å². The van der Waals surface area contributed by atoms with Crippen LogP contribution in [0.5, 0.6) is 0 Å². The van der Waals surface area contributed by atoms with E-state index in [0.29, 0.717) is 6.04 Å². The molecule has 1 aliphatic heterocycles. The zero-order valence-electron chi connectivity index (χ0n) is 12.5. The number of rotatable bonds is 5. The summed E-state index contributed by atoms with van der Waals surface area (Å²) in [6.45, 7) is 10.3. The maximum absolute atomic E-state index is 5.83. The van der Waals surface area contributed by atoms with Gasteiger partial charge in [-0.2, -0.15) is 5.10 Å². The molecule has 1 fully saturated rings. The van der Waals surface area contributed by atoms with E-state index in [1.54, 1.807) is 0 Å². The molecule has 1 aliphatic rings. The van der Waals surface area contributed by atoms with Gasteiger partial charge in [0.05, 0.1) is 24.1 Å². The van der Waals surface area contributed by atoms with Crippen molar-refractivity contribution in [3.63, 3.8) is 0 Å². The van der Waals surface area contributed by atoms with Crippen molar-refractivity contribution >= 4 is 5.69 Å². The molecule has 5 nitrogen and oxygen atoms in total. The summed E-state index contributed by atoms with van der Waals surface area (Å²) in [7, 11) is 1.96. The predicted molar refractivity (Wildman–Crippen MR) is 77.5 cm³/mol. The Bertz CT molecular complexity index is 402. The second-order valence-corrected chi connectivity index (χ2v) is 5.48. The van der Waals surface area contributed by atoms with Crippen molar-refractivity contribution in [1.29, 1.82) is 0 Å². The van der Waals surface area contributed by atoms with Gasteiger partial charge in [0, 0.05) is 38.9 Å². The van der Waals surface area contributed by atoms with Crippen LogP contribution in [0.15, 0.2) is 6.20 Å². The lowest BCUT2D eigenvalue weighted by molar-refractivity contribution is -0.0315. The molecule has 1 atom stereocenters. The minimum Gasteiger partial charge on any atom is -0.380 e. The molecule has 0 spiro atoms. The summed E-state index contributed by atoms with van der Waals surface area (Å²) in [6, 6.07) is 0.594. The van der Waals surface area contributed by atoms with Crippen LogP contribution in [0.2, 0.25) is 0 Å². The molecule has 0 saturated carbocycles. The van der Waals surface area contributed by atoms with E-state index in [0.717, 1.165) is 44.0 Å². The van der Waals surface area contributed by atoms with Crippen molar-refractivity contribution < 1.29 is 4.74 Å². The van der Waals surface area contributed by atoms with Crippen LogP contribution in [-0.2, 0) is 18.2 Å². The second-order valence-electron chi connectivity index (χ2n) is 5.48. The fourth-order valence-electron chi connectivity index (χ4n) is 2.50. The predicted octanol–water partition coefficient (Wildman–Crippen LogP) is 1.50. The Hall–Kier alpha value is -1.07. The maximum Gasteiger partial charge on any atom is 0.0874 e. The average Bonchev–Trinajstić information content (AvgIpc) is 2.77. The summed E-state index contributed by atoms with van der Waals surface area (Å²) < 4.78 is 7.69. The van der Waals surface area contributed by atoms with E-state index in [1.807, 2.05) is 17.9 Å². The van der Waals surface area contributed by atoms with E-state index >= 15 is 0 Å². The molecule has 0 aliphatic carbocycles. The lowest BCUT2D eigenvalue weighted by Crippen LogP contribution is -2.48. The highest BCUT2D eigenvalue weighted by molar-refractivity contribution is 5.46. The van der Waals surface area contributed by atoms with Gasteiger partial charge in [0.2, 0.25) is 0 Å². The smallest absolute Gasteiger partial charge is 0.0874 e. The van der Waals surface area contributed by atoms with Gasteiger partial charge in [0.1, 0.15) is 0 Å². The van der Waals surface area contributed by atoms with Crippen molar-refractivity contribution in [2.75, 3.05) is 31.6 Å². The van der Waals surface area contributed by atoms with Crippen molar-refractivity contribution in [3.8, 4) is 0 Å². The van der Waals surface area contributed by atoms with Crippen LogP contribution in [-0.4, -0.2) is 53.1 Å². The highest BCUT2D eigenvalue weighted by Gasteiger charge is 2.22. The van der Waals surface area contributed by atoms with Crippen LogP contribution in [0, 0.1) is 0 Å². The zero-order chi connectivity index (χ0) is 13.8. The van der Waals surface area contributed by atoms with Crippen LogP contribution in [0.3, 0.4) is 0 Å². The van der Waals surface area contributed by atoms with Crippen LogP contribution in [0.4, 0.5) is 5.69 Å². The van der Waals surface area contributed by atoms with E-state index in [4.69, 9.17) is 4.74 Å². The van der Waals surface area contributed by atoms with E-state index in [-0.39, 0.29) is 6.10 Å². The third-order valence-corrected chi connectivity index (χ3v) is 3.66. The van der Waals surface area contributed by atoms with Gasteiger partial charge in [-0.05, 0) is 20.3 Å². The molecule has 0 amide bonds. The highest BCUT2D eigenvalue weighted by atomic mass is 16.5. The van der Waals surface area contributed by atoms with Crippen LogP contribution >= 0.6 is 0 Å². The Morgan fingerprint density at radius 2 is 2.32 bits per heavy atom.